The van der Waals surface area contributed by atoms with Gasteiger partial charge in [0.1, 0.15) is 10.6 Å². The van der Waals surface area contributed by atoms with Crippen LogP contribution in [-0.2, 0) is 19.9 Å². The van der Waals surface area contributed by atoms with E-state index in [1.165, 1.54) is 42.5 Å². The van der Waals surface area contributed by atoms with Gasteiger partial charge in [-0.3, -0.25) is 4.79 Å². The molecule has 0 unspecified atom stereocenters. The van der Waals surface area contributed by atoms with Crippen molar-refractivity contribution in [2.75, 3.05) is 13.1 Å². The number of nitrogens with one attached hydrogen (secondary N) is 3. The molecule has 12 heteroatoms. The minimum absolute atomic E-state index is 0.0304. The van der Waals surface area contributed by atoms with Crippen LogP contribution >= 0.6 is 11.6 Å². The first-order valence-electron chi connectivity index (χ1n) is 11.3. The van der Waals surface area contributed by atoms with Crippen molar-refractivity contribution in [2.24, 2.45) is 0 Å². The van der Waals surface area contributed by atoms with E-state index >= 15 is 0 Å². The average molecular weight is 571 g/mol. The number of fused-ring (bicyclic) bond motifs is 1. The first kappa shape index (κ1) is 27.3. The highest BCUT2D eigenvalue weighted by molar-refractivity contribution is 7.91. The third-order valence-electron chi connectivity index (χ3n) is 5.71. The van der Waals surface area contributed by atoms with Crippen LogP contribution in [0.4, 0.5) is 0 Å². The third-order valence-corrected chi connectivity index (χ3v) is 9.24. The monoisotopic (exact) mass is 570 g/mol. The van der Waals surface area contributed by atoms with Crippen LogP contribution in [0.3, 0.4) is 0 Å². The number of benzene rings is 3. The number of nitrogens with zero attached hydrogens (tertiary/aromatic N) is 1. The maximum atomic E-state index is 13.8. The summed E-state index contributed by atoms with van der Waals surface area (Å²) in [7, 11) is -8.02. The van der Waals surface area contributed by atoms with Crippen LogP contribution < -0.4 is 10.0 Å². The van der Waals surface area contributed by atoms with Crippen molar-refractivity contribution in [1.82, 2.24) is 15.0 Å². The van der Waals surface area contributed by atoms with E-state index in [2.05, 4.69) is 15.0 Å². The number of aromatic nitrogens is 1. The van der Waals surface area contributed by atoms with Gasteiger partial charge >= 0.3 is 0 Å². The van der Waals surface area contributed by atoms with Crippen LogP contribution in [0.15, 0.2) is 75.4 Å². The molecule has 0 aliphatic heterocycles. The van der Waals surface area contributed by atoms with E-state index in [-0.39, 0.29) is 38.9 Å². The summed E-state index contributed by atoms with van der Waals surface area (Å²) in [6.45, 7) is 3.29. The van der Waals surface area contributed by atoms with Gasteiger partial charge in [0, 0.05) is 29.0 Å². The van der Waals surface area contributed by atoms with E-state index in [0.717, 1.165) is 11.1 Å². The highest BCUT2D eigenvalue weighted by Crippen LogP contribution is 2.34. The lowest BCUT2D eigenvalue weighted by Gasteiger charge is -2.10. The maximum absolute atomic E-state index is 13.8. The number of carbonyl (C=O) groups is 1. The number of H-pyrrole nitrogens is 1. The van der Waals surface area contributed by atoms with E-state index in [9.17, 15) is 21.6 Å². The summed E-state index contributed by atoms with van der Waals surface area (Å²) < 4.78 is 54.9. The zero-order chi connectivity index (χ0) is 27.7. The molecule has 4 aromatic rings. The quantitative estimate of drug-likeness (QED) is 0.274. The second kappa shape index (κ2) is 10.6. The maximum Gasteiger partial charge on any atom is 0.269 e. The molecule has 0 atom stereocenters. The SMILES string of the molecule is Cc1cc(C)cc(S(=O)(=O)c2c(C(=O)NCCNS(=O)(=O)c3ccc(C#N)cc3)[nH]c3ccc(Cl)cc23)c1. The molecular formula is C26H23ClN4O5S2. The van der Waals surface area contributed by atoms with E-state index in [4.69, 9.17) is 16.9 Å². The molecule has 0 aliphatic carbocycles. The summed E-state index contributed by atoms with van der Waals surface area (Å²) in [6.07, 6.45) is 0. The third kappa shape index (κ3) is 5.58. The lowest BCUT2D eigenvalue weighted by Crippen LogP contribution is -2.35. The molecule has 1 aromatic heterocycles. The smallest absolute Gasteiger partial charge is 0.269 e. The Morgan fingerprint density at radius 1 is 0.921 bits per heavy atom. The first-order valence-corrected chi connectivity index (χ1v) is 14.7. The van der Waals surface area contributed by atoms with Gasteiger partial charge in [-0.25, -0.2) is 21.6 Å². The van der Waals surface area contributed by atoms with Gasteiger partial charge in [0.15, 0.2) is 0 Å². The molecule has 0 spiro atoms. The molecule has 196 valence electrons. The normalized spacial score (nSPS) is 11.8. The second-order valence-corrected chi connectivity index (χ2v) is 12.7. The van der Waals surface area contributed by atoms with Crippen molar-refractivity contribution in [2.45, 2.75) is 28.5 Å². The van der Waals surface area contributed by atoms with Crippen molar-refractivity contribution in [3.8, 4) is 6.07 Å². The molecule has 9 nitrogen and oxygen atoms in total. The fourth-order valence-corrected chi connectivity index (χ4v) is 7.02. The van der Waals surface area contributed by atoms with Gasteiger partial charge in [-0.2, -0.15) is 5.26 Å². The molecule has 0 fully saturated rings. The Labute approximate surface area is 225 Å². The van der Waals surface area contributed by atoms with E-state index in [1.807, 2.05) is 12.1 Å². The summed E-state index contributed by atoms with van der Waals surface area (Å²) in [5, 5.41) is 12.0. The molecule has 0 saturated heterocycles. The number of hydrogen-bond acceptors (Lipinski definition) is 6. The molecule has 0 saturated carbocycles. The minimum atomic E-state index is -4.14. The number of carbonyl (C=O) groups excluding carboxylic acids is 1. The summed E-state index contributed by atoms with van der Waals surface area (Å²) in [4.78, 5) is 15.8. The van der Waals surface area contributed by atoms with Gasteiger partial charge in [-0.15, -0.1) is 0 Å². The van der Waals surface area contributed by atoms with Crippen molar-refractivity contribution in [1.29, 1.82) is 5.26 Å². The highest BCUT2D eigenvalue weighted by atomic mass is 35.5. The Kier molecular flexibility index (Phi) is 7.62. The summed E-state index contributed by atoms with van der Waals surface area (Å²) in [6, 6.07) is 16.8. The molecule has 4 rings (SSSR count). The molecule has 0 aliphatic rings. The zero-order valence-corrected chi connectivity index (χ0v) is 22.8. The lowest BCUT2D eigenvalue weighted by molar-refractivity contribution is 0.0947. The van der Waals surface area contributed by atoms with Crippen molar-refractivity contribution in [3.05, 3.63) is 88.1 Å². The summed E-state index contributed by atoms with van der Waals surface area (Å²) in [5.41, 5.74) is 2.05. The Morgan fingerprint density at radius 3 is 2.21 bits per heavy atom. The largest absolute Gasteiger partial charge is 0.349 e. The molecule has 1 heterocycles. The van der Waals surface area contributed by atoms with Gasteiger partial charge < -0.3 is 10.3 Å². The van der Waals surface area contributed by atoms with E-state index in [1.54, 1.807) is 26.0 Å². The Morgan fingerprint density at radius 2 is 1.58 bits per heavy atom. The number of rotatable bonds is 8. The van der Waals surface area contributed by atoms with Gasteiger partial charge in [0.05, 0.1) is 21.4 Å². The molecule has 1 amide bonds. The van der Waals surface area contributed by atoms with Crippen LogP contribution in [0.25, 0.3) is 10.9 Å². The molecule has 0 bridgehead atoms. The topological polar surface area (TPSA) is 149 Å². The average Bonchev–Trinajstić information content (AvgIpc) is 3.25. The Bertz CT molecular complexity index is 1790. The fourth-order valence-electron chi connectivity index (χ4n) is 4.03. The van der Waals surface area contributed by atoms with Crippen LogP contribution in [0, 0.1) is 25.2 Å². The number of hydrogen-bond donors (Lipinski definition) is 3. The predicted molar refractivity (Wildman–Crippen MR) is 143 cm³/mol. The van der Waals surface area contributed by atoms with Crippen LogP contribution in [0.1, 0.15) is 27.2 Å². The van der Waals surface area contributed by atoms with Crippen LogP contribution in [-0.4, -0.2) is 40.8 Å². The van der Waals surface area contributed by atoms with Crippen molar-refractivity contribution < 1.29 is 21.6 Å². The second-order valence-electron chi connectivity index (χ2n) is 8.64. The molecule has 38 heavy (non-hydrogen) atoms. The lowest BCUT2D eigenvalue weighted by atomic mass is 10.2. The minimum Gasteiger partial charge on any atom is -0.349 e. The number of amides is 1. The Hall–Kier alpha value is -3.69. The fraction of sp³-hybridized carbons (Fsp3) is 0.154. The predicted octanol–water partition coefficient (Wildman–Crippen LogP) is 3.85. The Balaban J connectivity index is 1.59. The van der Waals surface area contributed by atoms with Crippen LogP contribution in [0.5, 0.6) is 0 Å². The van der Waals surface area contributed by atoms with Crippen LogP contribution in [0.2, 0.25) is 5.02 Å². The number of halogens is 1. The molecule has 3 aromatic carbocycles. The molecular weight excluding hydrogens is 548 g/mol. The number of sulfone groups is 1. The van der Waals surface area contributed by atoms with Gasteiger partial charge in [-0.1, -0.05) is 17.7 Å². The van der Waals surface area contributed by atoms with Gasteiger partial charge in [0.2, 0.25) is 19.9 Å². The van der Waals surface area contributed by atoms with Gasteiger partial charge in [0.25, 0.3) is 5.91 Å². The number of sulfonamides is 1. The number of aromatic amines is 1. The highest BCUT2D eigenvalue weighted by Gasteiger charge is 2.30. The summed E-state index contributed by atoms with van der Waals surface area (Å²) in [5.74, 6) is -0.724. The number of nitriles is 1. The standard InChI is InChI=1S/C26H23ClN4O5S2/c1-16-11-17(2)13-21(12-16)37(33,34)25-22-14-19(27)5-8-23(22)31-24(25)26(32)29-9-10-30-38(35,36)20-6-3-18(15-28)4-7-20/h3-8,11-14,30-31H,9-10H2,1-2H3,(H,29,32). The first-order chi connectivity index (χ1) is 17.9. The zero-order valence-electron chi connectivity index (χ0n) is 20.4. The van der Waals surface area contributed by atoms with Crippen molar-refractivity contribution in [3.63, 3.8) is 0 Å². The van der Waals surface area contributed by atoms with E-state index < -0.39 is 25.8 Å². The summed E-state index contributed by atoms with van der Waals surface area (Å²) >= 11 is 6.15. The van der Waals surface area contributed by atoms with Gasteiger partial charge in [-0.05, 0) is 79.6 Å². The van der Waals surface area contributed by atoms with Crippen molar-refractivity contribution >= 4 is 48.3 Å². The van der Waals surface area contributed by atoms with E-state index in [0.29, 0.717) is 16.1 Å². The molecule has 0 radical (unpaired) electrons. The number of aryl methyl sites for hydroxylation is 2. The molecule has 3 N–H and O–H groups in total.